The number of halogens is 2. The predicted molar refractivity (Wildman–Crippen MR) is 133 cm³/mol. The molecule has 0 unspecified atom stereocenters. The van der Waals surface area contributed by atoms with Crippen LogP contribution in [0, 0.1) is 5.82 Å². The number of rotatable bonds is 6. The first-order valence-corrected chi connectivity index (χ1v) is 12.4. The molecule has 2 aliphatic heterocycles. The van der Waals surface area contributed by atoms with Crippen LogP contribution in [0.1, 0.15) is 11.1 Å². The van der Waals surface area contributed by atoms with Gasteiger partial charge in [0.25, 0.3) is 0 Å². The van der Waals surface area contributed by atoms with Crippen molar-refractivity contribution in [3.8, 4) is 5.88 Å². The Labute approximate surface area is 203 Å². The lowest BCUT2D eigenvalue weighted by molar-refractivity contribution is 0.387. The molecule has 3 aromatic rings. The zero-order chi connectivity index (χ0) is 22.9. The molecule has 0 atom stereocenters. The highest BCUT2D eigenvalue weighted by Crippen LogP contribution is 2.38. The Kier molecular flexibility index (Phi) is 6.13. The summed E-state index contributed by atoms with van der Waals surface area (Å²) in [5, 5.41) is 1.19. The Morgan fingerprint density at radius 3 is 2.91 bits per heavy atom. The third-order valence-corrected chi connectivity index (χ3v) is 6.73. The van der Waals surface area contributed by atoms with Crippen molar-refractivity contribution < 1.29 is 9.13 Å². The van der Waals surface area contributed by atoms with Gasteiger partial charge in [0.05, 0.1) is 23.6 Å². The second-order valence-electron chi connectivity index (χ2n) is 7.11. The van der Waals surface area contributed by atoms with Gasteiger partial charge in [0, 0.05) is 41.3 Å². The normalized spacial score (nSPS) is 14.4. The number of benzene rings is 1. The molecule has 0 radical (unpaired) electrons. The number of aromatic nitrogens is 3. The second-order valence-corrected chi connectivity index (χ2v) is 9.17. The smallest absolute Gasteiger partial charge is 0.228 e. The number of anilines is 2. The molecular weight excluding hydrogens is 483 g/mol. The molecule has 11 heteroatoms. The average molecular weight is 501 g/mol. The van der Waals surface area contributed by atoms with E-state index >= 15 is 4.39 Å². The molecule has 0 spiro atoms. The van der Waals surface area contributed by atoms with E-state index in [9.17, 15) is 0 Å². The molecule has 0 aliphatic carbocycles. The number of ether oxygens (including phenoxy) is 1. The molecule has 1 aromatic carbocycles. The molecule has 2 aliphatic rings. The zero-order valence-electron chi connectivity index (χ0n) is 17.7. The molecule has 168 valence electrons. The fourth-order valence-electron chi connectivity index (χ4n) is 3.63. The van der Waals surface area contributed by atoms with Crippen LogP contribution in [-0.4, -0.2) is 47.2 Å². The maximum absolute atomic E-state index is 15.0. The van der Waals surface area contributed by atoms with Crippen molar-refractivity contribution >= 4 is 64.3 Å². The Morgan fingerprint density at radius 1 is 1.21 bits per heavy atom. The number of hydrogen-bond acceptors (Lipinski definition) is 9. The van der Waals surface area contributed by atoms with Crippen LogP contribution in [0.5, 0.6) is 5.88 Å². The van der Waals surface area contributed by atoms with Crippen molar-refractivity contribution in [3.63, 3.8) is 0 Å². The number of methoxy groups -OCH3 is 1. The van der Waals surface area contributed by atoms with Crippen molar-refractivity contribution in [2.45, 2.75) is 10.1 Å². The summed E-state index contributed by atoms with van der Waals surface area (Å²) in [6, 6.07) is 6.63. The van der Waals surface area contributed by atoms with E-state index in [-0.39, 0.29) is 5.82 Å². The van der Waals surface area contributed by atoms with Crippen LogP contribution >= 0.6 is 35.3 Å². The maximum atomic E-state index is 15.0. The quantitative estimate of drug-likeness (QED) is 0.278. The lowest BCUT2D eigenvalue weighted by atomic mass is 9.98. The van der Waals surface area contributed by atoms with Crippen molar-refractivity contribution in [2.75, 3.05) is 36.1 Å². The third-order valence-electron chi connectivity index (χ3n) is 5.11. The highest BCUT2D eigenvalue weighted by molar-refractivity contribution is 8.00. The number of nitrogens with one attached hydrogen (secondary N) is 1. The van der Waals surface area contributed by atoms with Gasteiger partial charge in [-0.25, -0.2) is 19.3 Å². The van der Waals surface area contributed by atoms with Crippen LogP contribution in [0.4, 0.5) is 15.9 Å². The van der Waals surface area contributed by atoms with E-state index in [4.69, 9.17) is 16.3 Å². The summed E-state index contributed by atoms with van der Waals surface area (Å²) in [6.07, 6.45) is 7.14. The molecule has 0 saturated heterocycles. The van der Waals surface area contributed by atoms with Crippen molar-refractivity contribution in [2.24, 2.45) is 4.99 Å². The van der Waals surface area contributed by atoms with Gasteiger partial charge in [-0.3, -0.25) is 4.99 Å². The van der Waals surface area contributed by atoms with E-state index in [0.717, 1.165) is 22.1 Å². The summed E-state index contributed by atoms with van der Waals surface area (Å²) in [4.78, 5) is 20.6. The van der Waals surface area contributed by atoms with Gasteiger partial charge in [0.1, 0.15) is 17.5 Å². The van der Waals surface area contributed by atoms with Crippen molar-refractivity contribution in [3.05, 3.63) is 58.6 Å². The van der Waals surface area contributed by atoms with Crippen LogP contribution in [0.25, 0.3) is 11.6 Å². The van der Waals surface area contributed by atoms with E-state index in [1.54, 1.807) is 31.5 Å². The number of fused-ring (bicyclic) bond motifs is 3. The molecule has 0 bridgehead atoms. The SMILES string of the molecule is COc1ncc(Cl)cc1SNc1ccc(F)c(C2=Cc3cnc(SC)nc3N3CCN=C23)c1. The summed E-state index contributed by atoms with van der Waals surface area (Å²) < 4.78 is 23.5. The number of thioether (sulfide) groups is 1. The largest absolute Gasteiger partial charge is 0.480 e. The van der Waals surface area contributed by atoms with Crippen LogP contribution < -0.4 is 14.4 Å². The fourth-order valence-corrected chi connectivity index (χ4v) is 4.95. The first-order chi connectivity index (χ1) is 16.1. The number of hydrogen-bond donors (Lipinski definition) is 1. The number of amidine groups is 1. The van der Waals surface area contributed by atoms with Crippen LogP contribution in [0.3, 0.4) is 0 Å². The molecule has 5 rings (SSSR count). The summed E-state index contributed by atoms with van der Waals surface area (Å²) in [5.41, 5.74) is 2.70. The third kappa shape index (κ3) is 4.25. The lowest BCUT2D eigenvalue weighted by Crippen LogP contribution is -2.32. The van der Waals surface area contributed by atoms with Crippen LogP contribution in [-0.2, 0) is 0 Å². The van der Waals surface area contributed by atoms with Gasteiger partial charge in [-0.15, -0.1) is 0 Å². The molecule has 2 aromatic heterocycles. The first kappa shape index (κ1) is 22.0. The van der Waals surface area contributed by atoms with Gasteiger partial charge in [-0.05, 0) is 48.5 Å². The van der Waals surface area contributed by atoms with Gasteiger partial charge in [0.2, 0.25) is 5.88 Å². The highest BCUT2D eigenvalue weighted by atomic mass is 35.5. The Balaban J connectivity index is 1.49. The molecular formula is C22H18ClFN6OS2. The molecule has 1 N–H and O–H groups in total. The minimum Gasteiger partial charge on any atom is -0.480 e. The number of pyridine rings is 1. The molecule has 4 heterocycles. The molecule has 0 saturated carbocycles. The van der Waals surface area contributed by atoms with E-state index in [2.05, 4.69) is 24.7 Å². The Morgan fingerprint density at radius 2 is 2.09 bits per heavy atom. The van der Waals surface area contributed by atoms with Crippen molar-refractivity contribution in [1.29, 1.82) is 0 Å². The molecule has 0 amide bonds. The van der Waals surface area contributed by atoms with E-state index in [1.807, 2.05) is 17.2 Å². The Hall–Kier alpha value is -2.82. The fraction of sp³-hybridized carbons (Fsp3) is 0.182. The summed E-state index contributed by atoms with van der Waals surface area (Å²) in [5.74, 6) is 1.64. The predicted octanol–water partition coefficient (Wildman–Crippen LogP) is 5.29. The second kappa shape index (κ2) is 9.20. The van der Waals surface area contributed by atoms with Gasteiger partial charge in [-0.1, -0.05) is 23.4 Å². The highest BCUT2D eigenvalue weighted by Gasteiger charge is 2.31. The van der Waals surface area contributed by atoms with Gasteiger partial charge in [-0.2, -0.15) is 0 Å². The van der Waals surface area contributed by atoms with Gasteiger partial charge >= 0.3 is 0 Å². The lowest BCUT2D eigenvalue weighted by Gasteiger charge is -2.27. The number of nitrogens with zero attached hydrogens (tertiary/aromatic N) is 5. The molecule has 7 nitrogen and oxygen atoms in total. The molecule has 0 fully saturated rings. The maximum Gasteiger partial charge on any atom is 0.228 e. The van der Waals surface area contributed by atoms with Gasteiger partial charge in [0.15, 0.2) is 5.16 Å². The van der Waals surface area contributed by atoms with Crippen LogP contribution in [0.2, 0.25) is 5.02 Å². The van der Waals surface area contributed by atoms with Crippen LogP contribution in [0.15, 0.2) is 51.7 Å². The van der Waals surface area contributed by atoms with E-state index in [0.29, 0.717) is 46.0 Å². The Bertz CT molecular complexity index is 1300. The molecule has 33 heavy (non-hydrogen) atoms. The average Bonchev–Trinajstić information content (AvgIpc) is 3.33. The van der Waals surface area contributed by atoms with E-state index in [1.165, 1.54) is 36.0 Å². The minimum absolute atomic E-state index is 0.335. The van der Waals surface area contributed by atoms with Crippen molar-refractivity contribution in [1.82, 2.24) is 15.0 Å². The monoisotopic (exact) mass is 500 g/mol. The first-order valence-electron chi connectivity index (χ1n) is 9.95. The number of aliphatic imine (C=N–C) groups is 1. The summed E-state index contributed by atoms with van der Waals surface area (Å²) in [7, 11) is 1.55. The summed E-state index contributed by atoms with van der Waals surface area (Å²) >= 11 is 8.84. The topological polar surface area (TPSA) is 75.5 Å². The standard InChI is InChI=1S/C22H18ClFN6OS2/c1-31-21-18(8-13(23)11-26-21)33-29-14-3-4-17(24)15(9-14)16-7-12-10-27-22(32-2)28-19(12)30-6-5-25-20(16)30/h3-4,7-11,29H,5-6H2,1-2H3. The van der Waals surface area contributed by atoms with Gasteiger partial charge < -0.3 is 14.4 Å². The van der Waals surface area contributed by atoms with E-state index < -0.39 is 0 Å². The summed E-state index contributed by atoms with van der Waals surface area (Å²) in [6.45, 7) is 1.32. The minimum atomic E-state index is -0.335. The zero-order valence-corrected chi connectivity index (χ0v) is 20.1.